The van der Waals surface area contributed by atoms with E-state index in [0.29, 0.717) is 11.3 Å². The molecule has 0 bridgehead atoms. The lowest BCUT2D eigenvalue weighted by atomic mass is 10.2. The van der Waals surface area contributed by atoms with E-state index in [1.807, 2.05) is 13.0 Å². The van der Waals surface area contributed by atoms with Gasteiger partial charge in [-0.1, -0.05) is 6.07 Å². The molecule has 66 valence electrons. The fourth-order valence-corrected chi connectivity index (χ4v) is 1.36. The summed E-state index contributed by atoms with van der Waals surface area (Å²) in [5.41, 5.74) is 1.34. The maximum atomic E-state index is 11.2. The van der Waals surface area contributed by atoms with E-state index < -0.39 is 0 Å². The van der Waals surface area contributed by atoms with E-state index in [1.165, 1.54) is 6.92 Å². The van der Waals surface area contributed by atoms with Gasteiger partial charge in [0.25, 0.3) is 0 Å². The Hall–Kier alpha value is -1.71. The number of pyridine rings is 1. The largest absolute Gasteiger partial charge is 0.293 e. The molecular weight excluding hydrogens is 166 g/mol. The number of aryl methyl sites for hydroxylation is 1. The molecule has 0 amide bonds. The predicted octanol–water partition coefficient (Wildman–Crippen LogP) is 1.24. The third kappa shape index (κ3) is 1.11. The van der Waals surface area contributed by atoms with Crippen molar-refractivity contribution < 1.29 is 4.79 Å². The van der Waals surface area contributed by atoms with E-state index in [2.05, 4.69) is 10.2 Å². The zero-order chi connectivity index (χ0) is 9.42. The Kier molecular flexibility index (Phi) is 1.62. The predicted molar refractivity (Wildman–Crippen MR) is 47.7 cm³/mol. The van der Waals surface area contributed by atoms with Crippen LogP contribution >= 0.6 is 0 Å². The lowest BCUT2D eigenvalue weighted by molar-refractivity contribution is 0.101. The number of carbonyl (C=O) groups excluding carboxylic acids is 1. The lowest BCUT2D eigenvalue weighted by Gasteiger charge is -2.00. The van der Waals surface area contributed by atoms with Crippen LogP contribution < -0.4 is 0 Å². The van der Waals surface area contributed by atoms with Crippen LogP contribution in [0.4, 0.5) is 0 Å². The molecule has 2 aromatic rings. The highest BCUT2D eigenvalue weighted by molar-refractivity contribution is 5.93. The summed E-state index contributed by atoms with van der Waals surface area (Å²) in [4.78, 5) is 11.2. The van der Waals surface area contributed by atoms with Crippen molar-refractivity contribution in [3.8, 4) is 0 Å². The lowest BCUT2D eigenvalue weighted by Crippen LogP contribution is -2.03. The van der Waals surface area contributed by atoms with E-state index in [4.69, 9.17) is 0 Å². The molecule has 0 radical (unpaired) electrons. The fourth-order valence-electron chi connectivity index (χ4n) is 1.36. The van der Waals surface area contributed by atoms with Gasteiger partial charge < -0.3 is 0 Å². The Balaban J connectivity index is 2.88. The first kappa shape index (κ1) is 7.91. The second-order valence-corrected chi connectivity index (χ2v) is 2.91. The summed E-state index contributed by atoms with van der Waals surface area (Å²) in [5.74, 6) is 0.759. The summed E-state index contributed by atoms with van der Waals surface area (Å²) in [6, 6.07) is 5.40. The van der Waals surface area contributed by atoms with E-state index in [9.17, 15) is 4.79 Å². The topological polar surface area (TPSA) is 47.3 Å². The number of rotatable bonds is 1. The molecule has 0 fully saturated rings. The number of fused-ring (bicyclic) bond motifs is 1. The van der Waals surface area contributed by atoms with E-state index in [-0.39, 0.29) is 5.78 Å². The number of hydrogen-bond donors (Lipinski definition) is 0. The summed E-state index contributed by atoms with van der Waals surface area (Å²) < 4.78 is 1.75. The fraction of sp³-hybridized carbons (Fsp3) is 0.222. The minimum atomic E-state index is 0.0218. The molecule has 0 saturated heterocycles. The zero-order valence-electron chi connectivity index (χ0n) is 7.48. The Labute approximate surface area is 75.2 Å². The molecule has 0 spiro atoms. The number of nitrogens with zero attached hydrogens (tertiary/aromatic N) is 3. The van der Waals surface area contributed by atoms with E-state index >= 15 is 0 Å². The highest BCUT2D eigenvalue weighted by Crippen LogP contribution is 2.08. The molecule has 0 aliphatic heterocycles. The smallest absolute Gasteiger partial charge is 0.176 e. The molecule has 0 aromatic carbocycles. The van der Waals surface area contributed by atoms with Gasteiger partial charge in [-0.25, -0.2) is 0 Å². The van der Waals surface area contributed by atoms with Crippen molar-refractivity contribution in [3.05, 3.63) is 29.7 Å². The Bertz CT molecular complexity index is 473. The van der Waals surface area contributed by atoms with Crippen molar-refractivity contribution in [1.29, 1.82) is 0 Å². The van der Waals surface area contributed by atoms with Crippen LogP contribution in [0.3, 0.4) is 0 Å². The van der Waals surface area contributed by atoms with Crippen LogP contribution in [0.2, 0.25) is 0 Å². The second kappa shape index (κ2) is 2.65. The molecule has 0 unspecified atom stereocenters. The van der Waals surface area contributed by atoms with Crippen LogP contribution in [0.15, 0.2) is 18.2 Å². The number of hydrogen-bond acceptors (Lipinski definition) is 3. The highest BCUT2D eigenvalue weighted by Gasteiger charge is 2.07. The second-order valence-electron chi connectivity index (χ2n) is 2.91. The van der Waals surface area contributed by atoms with Crippen molar-refractivity contribution >= 4 is 11.4 Å². The molecule has 0 aliphatic carbocycles. The standard InChI is InChI=1S/C9H9N3O/c1-6(13)8-4-3-5-9-11-10-7(2)12(8)9/h3-5H,1-2H3. The van der Waals surface area contributed by atoms with Crippen molar-refractivity contribution in [2.24, 2.45) is 0 Å². The summed E-state index contributed by atoms with van der Waals surface area (Å²) in [6.45, 7) is 3.36. The van der Waals surface area contributed by atoms with Crippen molar-refractivity contribution in [2.45, 2.75) is 13.8 Å². The Morgan fingerprint density at radius 3 is 2.85 bits per heavy atom. The van der Waals surface area contributed by atoms with Crippen LogP contribution in [0.5, 0.6) is 0 Å². The van der Waals surface area contributed by atoms with Crippen LogP contribution in [0.1, 0.15) is 23.2 Å². The summed E-state index contributed by atoms with van der Waals surface area (Å²) >= 11 is 0. The van der Waals surface area contributed by atoms with Crippen LogP contribution in [0, 0.1) is 6.92 Å². The van der Waals surface area contributed by atoms with Gasteiger partial charge in [0.15, 0.2) is 11.4 Å². The molecular formula is C9H9N3O. The van der Waals surface area contributed by atoms with Crippen LogP contribution in [0.25, 0.3) is 5.65 Å². The van der Waals surface area contributed by atoms with Crippen molar-refractivity contribution in [2.75, 3.05) is 0 Å². The molecule has 0 aliphatic rings. The molecule has 0 atom stereocenters. The first-order valence-electron chi connectivity index (χ1n) is 4.02. The van der Waals surface area contributed by atoms with Crippen molar-refractivity contribution in [3.63, 3.8) is 0 Å². The monoisotopic (exact) mass is 175 g/mol. The van der Waals surface area contributed by atoms with Gasteiger partial charge in [-0.05, 0) is 19.1 Å². The number of Topliss-reactive ketones (excluding diaryl/α,β-unsaturated/α-hetero) is 1. The first-order chi connectivity index (χ1) is 6.20. The third-order valence-electron chi connectivity index (χ3n) is 1.95. The van der Waals surface area contributed by atoms with Gasteiger partial charge >= 0.3 is 0 Å². The van der Waals surface area contributed by atoms with E-state index in [1.54, 1.807) is 16.5 Å². The number of ketones is 1. The molecule has 0 N–H and O–H groups in total. The normalized spacial score (nSPS) is 10.6. The maximum absolute atomic E-state index is 11.2. The van der Waals surface area contributed by atoms with Crippen LogP contribution in [-0.2, 0) is 0 Å². The third-order valence-corrected chi connectivity index (χ3v) is 1.95. The van der Waals surface area contributed by atoms with Gasteiger partial charge in [-0.15, -0.1) is 10.2 Å². The molecule has 2 aromatic heterocycles. The van der Waals surface area contributed by atoms with Crippen molar-refractivity contribution in [1.82, 2.24) is 14.6 Å². The molecule has 13 heavy (non-hydrogen) atoms. The summed E-state index contributed by atoms with van der Waals surface area (Å²) in [6.07, 6.45) is 0. The van der Waals surface area contributed by atoms with Gasteiger partial charge in [0.05, 0.1) is 5.69 Å². The van der Waals surface area contributed by atoms with E-state index in [0.717, 1.165) is 5.82 Å². The number of carbonyl (C=O) groups is 1. The minimum absolute atomic E-state index is 0.0218. The molecule has 2 heterocycles. The first-order valence-corrected chi connectivity index (χ1v) is 4.02. The van der Waals surface area contributed by atoms with Gasteiger partial charge in [-0.2, -0.15) is 0 Å². The average Bonchev–Trinajstić information content (AvgIpc) is 2.48. The highest BCUT2D eigenvalue weighted by atomic mass is 16.1. The van der Waals surface area contributed by atoms with Gasteiger partial charge in [0.1, 0.15) is 5.82 Å². The maximum Gasteiger partial charge on any atom is 0.176 e. The van der Waals surface area contributed by atoms with Gasteiger partial charge in [0, 0.05) is 6.92 Å². The molecule has 4 heteroatoms. The van der Waals surface area contributed by atoms with Crippen LogP contribution in [-0.4, -0.2) is 20.4 Å². The molecule has 2 rings (SSSR count). The Morgan fingerprint density at radius 2 is 2.15 bits per heavy atom. The summed E-state index contributed by atoms with van der Waals surface area (Å²) in [5, 5.41) is 7.82. The SMILES string of the molecule is CC(=O)c1cccc2nnc(C)n12. The summed E-state index contributed by atoms with van der Waals surface area (Å²) in [7, 11) is 0. The molecule has 4 nitrogen and oxygen atoms in total. The average molecular weight is 175 g/mol. The minimum Gasteiger partial charge on any atom is -0.293 e. The quantitative estimate of drug-likeness (QED) is 0.612. The van der Waals surface area contributed by atoms with Gasteiger partial charge in [-0.3, -0.25) is 9.20 Å². The number of aromatic nitrogens is 3. The Morgan fingerprint density at radius 1 is 1.38 bits per heavy atom. The zero-order valence-corrected chi connectivity index (χ0v) is 7.48. The molecule has 0 saturated carbocycles. The van der Waals surface area contributed by atoms with Gasteiger partial charge in [0.2, 0.25) is 0 Å².